The molecule has 4 rings (SSSR count). The van der Waals surface area contributed by atoms with Crippen molar-refractivity contribution in [3.05, 3.63) is 34.9 Å². The molecule has 15 heteroatoms. The number of halogens is 1. The maximum atomic E-state index is 12.3. The minimum Gasteiger partial charge on any atom is -0.379 e. The molecule has 30 heavy (non-hydrogen) atoms. The highest BCUT2D eigenvalue weighted by Crippen LogP contribution is 2.25. The molecule has 3 aromatic heterocycles. The molecular formula is C15H12ClN11O3. The number of hydrogen-bond donors (Lipinski definition) is 3. The van der Waals surface area contributed by atoms with Gasteiger partial charge < -0.3 is 11.5 Å². The van der Waals surface area contributed by atoms with E-state index in [0.29, 0.717) is 10.6 Å². The summed E-state index contributed by atoms with van der Waals surface area (Å²) in [5.41, 5.74) is 14.6. The Bertz CT molecular complexity index is 1230. The summed E-state index contributed by atoms with van der Waals surface area (Å²) >= 11 is 6.04. The molecule has 0 aliphatic carbocycles. The molecule has 14 nitrogen and oxygen atoms in total. The topological polar surface area (TPSA) is 202 Å². The van der Waals surface area contributed by atoms with E-state index in [1.165, 1.54) is 10.9 Å². The number of rotatable bonds is 6. The molecule has 0 radical (unpaired) electrons. The summed E-state index contributed by atoms with van der Waals surface area (Å²) in [6, 6.07) is 7.02. The van der Waals surface area contributed by atoms with Crippen molar-refractivity contribution in [3.63, 3.8) is 0 Å². The van der Waals surface area contributed by atoms with Crippen LogP contribution >= 0.6 is 11.6 Å². The van der Waals surface area contributed by atoms with Crippen LogP contribution in [0.1, 0.15) is 5.56 Å². The molecule has 3 heterocycles. The molecule has 0 saturated carbocycles. The third kappa shape index (κ3) is 3.79. The fourth-order valence-electron chi connectivity index (χ4n) is 2.35. The van der Waals surface area contributed by atoms with Crippen LogP contribution < -0.4 is 16.9 Å². The SMILES string of the molecule is Nc1nonc1-c1nc(-c2nonc2N)n(CC(=O)N/N=C/c2ccccc2Cl)n1. The van der Waals surface area contributed by atoms with Gasteiger partial charge in [-0.2, -0.15) is 5.10 Å². The normalized spacial score (nSPS) is 11.2. The van der Waals surface area contributed by atoms with Crippen molar-refractivity contribution in [2.45, 2.75) is 6.54 Å². The van der Waals surface area contributed by atoms with Crippen LogP contribution in [0.5, 0.6) is 0 Å². The zero-order valence-electron chi connectivity index (χ0n) is 14.9. The van der Waals surface area contributed by atoms with Crippen molar-refractivity contribution in [1.29, 1.82) is 0 Å². The number of nitrogens with zero attached hydrogens (tertiary/aromatic N) is 8. The average Bonchev–Trinajstić information content (AvgIpc) is 3.43. The number of carbonyl (C=O) groups is 1. The number of hydrazone groups is 1. The lowest BCUT2D eigenvalue weighted by molar-refractivity contribution is -0.121. The number of anilines is 2. The quantitative estimate of drug-likeness (QED) is 0.281. The van der Waals surface area contributed by atoms with Crippen LogP contribution in [-0.4, -0.2) is 47.5 Å². The first-order valence-electron chi connectivity index (χ1n) is 8.21. The van der Waals surface area contributed by atoms with E-state index in [2.05, 4.69) is 50.5 Å². The number of amides is 1. The molecular weight excluding hydrogens is 418 g/mol. The van der Waals surface area contributed by atoms with Crippen LogP contribution in [0.25, 0.3) is 23.0 Å². The third-order valence-corrected chi connectivity index (χ3v) is 4.06. The minimum absolute atomic E-state index is 0.0289. The lowest BCUT2D eigenvalue weighted by Gasteiger charge is -2.03. The summed E-state index contributed by atoms with van der Waals surface area (Å²) < 4.78 is 10.4. The van der Waals surface area contributed by atoms with Gasteiger partial charge in [0.2, 0.25) is 5.82 Å². The number of carbonyl (C=O) groups excluding carboxylic acids is 1. The van der Waals surface area contributed by atoms with Crippen molar-refractivity contribution in [3.8, 4) is 23.0 Å². The predicted molar refractivity (Wildman–Crippen MR) is 103 cm³/mol. The summed E-state index contributed by atoms with van der Waals surface area (Å²) in [5.74, 6) is -0.454. The van der Waals surface area contributed by atoms with Crippen molar-refractivity contribution in [1.82, 2.24) is 40.8 Å². The van der Waals surface area contributed by atoms with Crippen molar-refractivity contribution in [2.75, 3.05) is 11.5 Å². The monoisotopic (exact) mass is 429 g/mol. The van der Waals surface area contributed by atoms with Crippen LogP contribution in [0, 0.1) is 0 Å². The van der Waals surface area contributed by atoms with Gasteiger partial charge in [0.1, 0.15) is 6.54 Å². The van der Waals surface area contributed by atoms with Gasteiger partial charge in [0, 0.05) is 10.6 Å². The molecule has 0 spiro atoms. The van der Waals surface area contributed by atoms with Gasteiger partial charge in [0.15, 0.2) is 28.8 Å². The summed E-state index contributed by atoms with van der Waals surface area (Å²) in [6.45, 7) is -0.292. The molecule has 0 bridgehead atoms. The highest BCUT2D eigenvalue weighted by atomic mass is 35.5. The second-order valence-electron chi connectivity index (χ2n) is 5.73. The molecule has 5 N–H and O–H groups in total. The Kier molecular flexibility index (Phi) is 5.04. The van der Waals surface area contributed by atoms with Crippen LogP contribution in [0.2, 0.25) is 5.02 Å². The number of nitrogen functional groups attached to an aromatic ring is 2. The zero-order valence-corrected chi connectivity index (χ0v) is 15.7. The average molecular weight is 430 g/mol. The number of aromatic nitrogens is 7. The minimum atomic E-state index is -0.516. The molecule has 0 atom stereocenters. The summed E-state index contributed by atoms with van der Waals surface area (Å²) in [4.78, 5) is 16.6. The molecule has 0 aliphatic rings. The smallest absolute Gasteiger partial charge is 0.261 e. The molecule has 152 valence electrons. The van der Waals surface area contributed by atoms with E-state index >= 15 is 0 Å². The van der Waals surface area contributed by atoms with Gasteiger partial charge in [0.25, 0.3) is 5.91 Å². The number of nitrogens with one attached hydrogen (secondary N) is 1. The van der Waals surface area contributed by atoms with Crippen molar-refractivity contribution >= 4 is 35.4 Å². The largest absolute Gasteiger partial charge is 0.379 e. The Hall–Kier alpha value is -4.33. The maximum Gasteiger partial charge on any atom is 0.261 e. The lowest BCUT2D eigenvalue weighted by Crippen LogP contribution is -2.24. The van der Waals surface area contributed by atoms with Crippen LogP contribution in [0.3, 0.4) is 0 Å². The summed E-state index contributed by atoms with van der Waals surface area (Å²) in [5, 5.41) is 22.9. The van der Waals surface area contributed by atoms with Gasteiger partial charge in [-0.05, 0) is 26.7 Å². The van der Waals surface area contributed by atoms with E-state index in [1.54, 1.807) is 24.3 Å². The molecule has 0 aliphatic heterocycles. The van der Waals surface area contributed by atoms with Crippen molar-refractivity contribution < 1.29 is 14.1 Å². The standard InChI is InChI=1S/C15H12ClN11O3/c16-8-4-2-1-3-7(8)5-19-21-9(28)6-27-15(11-13(18)26-30-24-11)20-14(22-27)10-12(17)25-29-23-10/h1-5H,6H2,(H2,17,25)(H2,18,26)(H,21,28)/b19-5+. The van der Waals surface area contributed by atoms with Gasteiger partial charge >= 0.3 is 0 Å². The molecule has 0 unspecified atom stereocenters. The Balaban J connectivity index is 1.57. The molecule has 1 aromatic carbocycles. The molecule has 1 amide bonds. The van der Waals surface area contributed by atoms with E-state index in [1.807, 2.05) is 0 Å². The van der Waals surface area contributed by atoms with Crippen LogP contribution in [0.4, 0.5) is 11.6 Å². The van der Waals surface area contributed by atoms with Gasteiger partial charge in [-0.25, -0.2) is 24.3 Å². The number of nitrogens with two attached hydrogens (primary N) is 2. The second kappa shape index (κ2) is 7.96. The Morgan fingerprint density at radius 2 is 1.83 bits per heavy atom. The fraction of sp³-hybridized carbons (Fsp3) is 0.0667. The van der Waals surface area contributed by atoms with Crippen LogP contribution in [-0.2, 0) is 11.3 Å². The Morgan fingerprint density at radius 3 is 2.50 bits per heavy atom. The first-order valence-corrected chi connectivity index (χ1v) is 8.59. The first-order chi connectivity index (χ1) is 14.5. The number of benzene rings is 1. The van der Waals surface area contributed by atoms with E-state index in [-0.39, 0.29) is 41.2 Å². The second-order valence-corrected chi connectivity index (χ2v) is 6.13. The number of hydrogen-bond acceptors (Lipinski definition) is 12. The van der Waals surface area contributed by atoms with E-state index in [9.17, 15) is 4.79 Å². The molecule has 4 aromatic rings. The summed E-state index contributed by atoms with van der Waals surface area (Å²) in [6.07, 6.45) is 1.41. The zero-order chi connectivity index (χ0) is 21.1. The van der Waals surface area contributed by atoms with E-state index in [4.69, 9.17) is 23.1 Å². The highest BCUT2D eigenvalue weighted by Gasteiger charge is 2.24. The predicted octanol–water partition coefficient (Wildman–Crippen LogP) is 0.346. The molecule has 0 saturated heterocycles. The van der Waals surface area contributed by atoms with Crippen molar-refractivity contribution in [2.24, 2.45) is 5.10 Å². The van der Waals surface area contributed by atoms with Gasteiger partial charge in [-0.15, -0.1) is 5.10 Å². The van der Waals surface area contributed by atoms with E-state index in [0.717, 1.165) is 0 Å². The fourth-order valence-corrected chi connectivity index (χ4v) is 2.54. The first kappa shape index (κ1) is 19.0. The maximum absolute atomic E-state index is 12.3. The molecule has 0 fully saturated rings. The van der Waals surface area contributed by atoms with Crippen LogP contribution in [0.15, 0.2) is 38.6 Å². The highest BCUT2D eigenvalue weighted by molar-refractivity contribution is 6.33. The van der Waals surface area contributed by atoms with Gasteiger partial charge in [0.05, 0.1) is 6.21 Å². The van der Waals surface area contributed by atoms with E-state index < -0.39 is 5.91 Å². The third-order valence-electron chi connectivity index (χ3n) is 3.71. The Labute approximate surface area is 171 Å². The van der Waals surface area contributed by atoms with Gasteiger partial charge in [-0.1, -0.05) is 29.8 Å². The summed E-state index contributed by atoms with van der Waals surface area (Å²) in [7, 11) is 0. The van der Waals surface area contributed by atoms with Gasteiger partial charge in [-0.3, -0.25) is 4.79 Å². The lowest BCUT2D eigenvalue weighted by atomic mass is 10.2. The Morgan fingerprint density at radius 1 is 1.13 bits per heavy atom.